The van der Waals surface area contributed by atoms with Crippen LogP contribution < -0.4 is 9.62 Å². The van der Waals surface area contributed by atoms with Crippen molar-refractivity contribution in [3.63, 3.8) is 0 Å². The van der Waals surface area contributed by atoms with Crippen molar-refractivity contribution in [2.45, 2.75) is 45.2 Å². The van der Waals surface area contributed by atoms with Crippen molar-refractivity contribution in [3.05, 3.63) is 93.4 Å². The van der Waals surface area contributed by atoms with Gasteiger partial charge in [-0.2, -0.15) is 0 Å². The van der Waals surface area contributed by atoms with Crippen LogP contribution in [0.25, 0.3) is 0 Å². The zero-order chi connectivity index (χ0) is 28.7. The van der Waals surface area contributed by atoms with E-state index in [1.807, 2.05) is 38.1 Å². The number of carbonyl (C=O) groups excluding carboxylic acids is 2. The van der Waals surface area contributed by atoms with Crippen LogP contribution in [0.3, 0.4) is 0 Å². The lowest BCUT2D eigenvalue weighted by Crippen LogP contribution is -2.51. The van der Waals surface area contributed by atoms with Gasteiger partial charge >= 0.3 is 0 Å². The molecule has 0 bridgehead atoms. The van der Waals surface area contributed by atoms with Gasteiger partial charge in [0.25, 0.3) is 10.0 Å². The van der Waals surface area contributed by atoms with Crippen molar-refractivity contribution in [1.82, 2.24) is 10.2 Å². The maximum Gasteiger partial charge on any atom is 0.264 e. The molecule has 0 saturated carbocycles. The maximum atomic E-state index is 14.0. The summed E-state index contributed by atoms with van der Waals surface area (Å²) >= 11 is 9.60. The molecule has 1 N–H and O–H groups in total. The summed E-state index contributed by atoms with van der Waals surface area (Å²) in [6.07, 6.45) is 0. The fourth-order valence-corrected chi connectivity index (χ4v) is 6.17. The normalized spacial score (nSPS) is 12.2. The summed E-state index contributed by atoms with van der Waals surface area (Å²) in [5, 5.41) is 3.33. The lowest BCUT2D eigenvalue weighted by atomic mass is 10.1. The number of benzene rings is 3. The number of amides is 2. The Morgan fingerprint density at radius 2 is 1.67 bits per heavy atom. The maximum absolute atomic E-state index is 14.0. The van der Waals surface area contributed by atoms with E-state index in [1.54, 1.807) is 50.2 Å². The Morgan fingerprint density at radius 3 is 2.28 bits per heavy atom. The number of carbonyl (C=O) groups is 2. The van der Waals surface area contributed by atoms with Gasteiger partial charge < -0.3 is 10.2 Å². The molecular formula is C29H33BrClN3O4S. The van der Waals surface area contributed by atoms with E-state index >= 15 is 0 Å². The molecule has 0 aliphatic heterocycles. The quantitative estimate of drug-likeness (QED) is 0.289. The predicted molar refractivity (Wildman–Crippen MR) is 159 cm³/mol. The van der Waals surface area contributed by atoms with Crippen LogP contribution in [0.5, 0.6) is 0 Å². The summed E-state index contributed by atoms with van der Waals surface area (Å²) in [7, 11) is -4.13. The number of halogens is 2. The van der Waals surface area contributed by atoms with E-state index in [-0.39, 0.29) is 23.3 Å². The molecule has 0 unspecified atom stereocenters. The van der Waals surface area contributed by atoms with Crippen LogP contribution in [0, 0.1) is 12.8 Å². The first-order valence-electron chi connectivity index (χ1n) is 12.6. The van der Waals surface area contributed by atoms with Crippen molar-refractivity contribution in [2.24, 2.45) is 5.92 Å². The molecule has 0 spiro atoms. The molecule has 208 valence electrons. The lowest BCUT2D eigenvalue weighted by molar-refractivity contribution is -0.139. The standard InChI is InChI=1S/C29H33BrClN3O4S/c1-20(2)17-32-29(36)22(4)33(18-23-9-8-10-24(30)16-23)28(35)19-34(27-14-13-25(31)15-21(27)3)39(37,38)26-11-6-5-7-12-26/h5-16,20,22H,17-19H2,1-4H3,(H,32,36)/t22-/m1/s1. The van der Waals surface area contributed by atoms with Crippen LogP contribution in [0.4, 0.5) is 5.69 Å². The highest BCUT2D eigenvalue weighted by molar-refractivity contribution is 9.10. The summed E-state index contributed by atoms with van der Waals surface area (Å²) in [5.74, 6) is -0.599. The molecule has 0 heterocycles. The largest absolute Gasteiger partial charge is 0.354 e. The average molecular weight is 635 g/mol. The number of anilines is 1. The highest BCUT2D eigenvalue weighted by Gasteiger charge is 2.33. The molecule has 3 aromatic rings. The third kappa shape index (κ3) is 8.06. The number of rotatable bonds is 11. The second kappa shape index (κ2) is 13.5. The van der Waals surface area contributed by atoms with Gasteiger partial charge in [0.05, 0.1) is 10.6 Å². The fourth-order valence-electron chi connectivity index (χ4n) is 4.00. The topological polar surface area (TPSA) is 86.8 Å². The number of aryl methyl sites for hydroxylation is 1. The van der Waals surface area contributed by atoms with E-state index in [9.17, 15) is 18.0 Å². The van der Waals surface area contributed by atoms with Crippen LogP contribution in [-0.2, 0) is 26.2 Å². The predicted octanol–water partition coefficient (Wildman–Crippen LogP) is 5.80. The molecule has 7 nitrogen and oxygen atoms in total. The van der Waals surface area contributed by atoms with Crippen LogP contribution in [0.15, 0.2) is 82.2 Å². The van der Waals surface area contributed by atoms with E-state index in [4.69, 9.17) is 11.6 Å². The van der Waals surface area contributed by atoms with Crippen LogP contribution in [-0.4, -0.2) is 44.3 Å². The van der Waals surface area contributed by atoms with Gasteiger partial charge in [-0.1, -0.05) is 71.7 Å². The van der Waals surface area contributed by atoms with E-state index in [1.165, 1.54) is 17.0 Å². The third-order valence-electron chi connectivity index (χ3n) is 6.13. The summed E-state index contributed by atoms with van der Waals surface area (Å²) in [5.41, 5.74) is 1.72. The second-order valence-corrected chi connectivity index (χ2v) is 12.9. The van der Waals surface area contributed by atoms with Crippen LogP contribution in [0.2, 0.25) is 5.02 Å². The van der Waals surface area contributed by atoms with Crippen molar-refractivity contribution >= 4 is 55.1 Å². The van der Waals surface area contributed by atoms with Gasteiger partial charge in [0.1, 0.15) is 12.6 Å². The van der Waals surface area contributed by atoms with E-state index in [0.29, 0.717) is 22.8 Å². The highest BCUT2D eigenvalue weighted by Crippen LogP contribution is 2.29. The number of nitrogens with zero attached hydrogens (tertiary/aromatic N) is 2. The Morgan fingerprint density at radius 1 is 0.974 bits per heavy atom. The van der Waals surface area contributed by atoms with Gasteiger partial charge in [-0.15, -0.1) is 0 Å². The Balaban J connectivity index is 2.03. The Labute approximate surface area is 244 Å². The molecule has 0 aromatic heterocycles. The summed E-state index contributed by atoms with van der Waals surface area (Å²) in [4.78, 5) is 28.5. The first-order valence-corrected chi connectivity index (χ1v) is 15.2. The fraction of sp³-hybridized carbons (Fsp3) is 0.310. The lowest BCUT2D eigenvalue weighted by Gasteiger charge is -2.32. The molecule has 10 heteroatoms. The molecule has 0 saturated heterocycles. The van der Waals surface area contributed by atoms with E-state index in [0.717, 1.165) is 14.3 Å². The summed E-state index contributed by atoms with van der Waals surface area (Å²) in [6.45, 7) is 7.42. The number of nitrogens with one attached hydrogen (secondary N) is 1. The number of sulfonamides is 1. The first kappa shape index (κ1) is 30.7. The van der Waals surface area contributed by atoms with Crippen LogP contribution in [0.1, 0.15) is 31.9 Å². The molecule has 0 radical (unpaired) electrons. The Hall–Kier alpha value is -2.88. The van der Waals surface area contributed by atoms with Gasteiger partial charge in [0, 0.05) is 22.6 Å². The average Bonchev–Trinajstić information content (AvgIpc) is 2.89. The molecule has 0 aliphatic rings. The number of hydrogen-bond acceptors (Lipinski definition) is 4. The van der Waals surface area contributed by atoms with Crippen LogP contribution >= 0.6 is 27.5 Å². The molecule has 39 heavy (non-hydrogen) atoms. The zero-order valence-corrected chi connectivity index (χ0v) is 25.6. The van der Waals surface area contributed by atoms with Gasteiger partial charge in [-0.05, 0) is 73.4 Å². The molecule has 0 aliphatic carbocycles. The van der Waals surface area contributed by atoms with Gasteiger partial charge in [0.2, 0.25) is 11.8 Å². The van der Waals surface area contributed by atoms with Crippen molar-refractivity contribution < 1.29 is 18.0 Å². The SMILES string of the molecule is Cc1cc(Cl)ccc1N(CC(=O)N(Cc1cccc(Br)c1)[C@H](C)C(=O)NCC(C)C)S(=O)(=O)c1ccccc1. The Kier molecular flexibility index (Phi) is 10.6. The molecule has 0 fully saturated rings. The minimum atomic E-state index is -4.13. The van der Waals surface area contributed by atoms with Gasteiger partial charge in [0.15, 0.2) is 0 Å². The van der Waals surface area contributed by atoms with Crippen molar-refractivity contribution in [2.75, 3.05) is 17.4 Å². The molecule has 2 amide bonds. The van der Waals surface area contributed by atoms with Crippen molar-refractivity contribution in [1.29, 1.82) is 0 Å². The zero-order valence-electron chi connectivity index (χ0n) is 22.4. The van der Waals surface area contributed by atoms with E-state index in [2.05, 4.69) is 21.2 Å². The minimum absolute atomic E-state index is 0.0495. The smallest absolute Gasteiger partial charge is 0.264 e. The first-order chi connectivity index (χ1) is 18.4. The summed E-state index contributed by atoms with van der Waals surface area (Å²) in [6, 6.07) is 19.3. The molecule has 3 aromatic carbocycles. The van der Waals surface area contributed by atoms with Crippen molar-refractivity contribution in [3.8, 4) is 0 Å². The second-order valence-electron chi connectivity index (χ2n) is 9.72. The van der Waals surface area contributed by atoms with Gasteiger partial charge in [-0.25, -0.2) is 8.42 Å². The highest BCUT2D eigenvalue weighted by atomic mass is 79.9. The molecule has 1 atom stereocenters. The monoisotopic (exact) mass is 633 g/mol. The number of hydrogen-bond donors (Lipinski definition) is 1. The third-order valence-corrected chi connectivity index (χ3v) is 8.63. The molecule has 3 rings (SSSR count). The molecular weight excluding hydrogens is 602 g/mol. The Bertz CT molecular complexity index is 1420. The minimum Gasteiger partial charge on any atom is -0.354 e. The van der Waals surface area contributed by atoms with Gasteiger partial charge in [-0.3, -0.25) is 13.9 Å². The summed E-state index contributed by atoms with van der Waals surface area (Å²) < 4.78 is 29.6. The van der Waals surface area contributed by atoms with E-state index < -0.39 is 28.5 Å².